The molecule has 0 bridgehead atoms. The second-order valence-electron chi connectivity index (χ2n) is 7.52. The number of H-pyrrole nitrogens is 1. The third kappa shape index (κ3) is 4.27. The van der Waals surface area contributed by atoms with Crippen LogP contribution in [0.2, 0.25) is 0 Å². The number of benzene rings is 1. The molecule has 1 aliphatic carbocycles. The Kier molecular flexibility index (Phi) is 5.34. The van der Waals surface area contributed by atoms with Gasteiger partial charge in [-0.15, -0.1) is 0 Å². The second kappa shape index (κ2) is 8.05. The quantitative estimate of drug-likeness (QED) is 0.852. The van der Waals surface area contributed by atoms with E-state index >= 15 is 0 Å². The number of carbonyl (C=O) groups excluding carboxylic acids is 1. The molecule has 2 fully saturated rings. The zero-order valence-electron chi connectivity index (χ0n) is 15.4. The van der Waals surface area contributed by atoms with Crippen LogP contribution in [0.1, 0.15) is 42.5 Å². The summed E-state index contributed by atoms with van der Waals surface area (Å²) >= 11 is 0. The average molecular weight is 367 g/mol. The fourth-order valence-corrected chi connectivity index (χ4v) is 3.75. The van der Waals surface area contributed by atoms with E-state index in [1.54, 1.807) is 0 Å². The fraction of sp³-hybridized carbons (Fsp3) is 0.476. The molecule has 1 saturated heterocycles. The summed E-state index contributed by atoms with van der Waals surface area (Å²) in [5, 5.41) is 0. The van der Waals surface area contributed by atoms with Crippen molar-refractivity contribution >= 4 is 5.91 Å². The maximum absolute atomic E-state index is 13.1. The molecule has 6 nitrogen and oxygen atoms in total. The van der Waals surface area contributed by atoms with Gasteiger partial charge in [0.05, 0.1) is 18.1 Å². The van der Waals surface area contributed by atoms with Gasteiger partial charge in [0, 0.05) is 36.9 Å². The van der Waals surface area contributed by atoms with Gasteiger partial charge in [0.1, 0.15) is 0 Å². The van der Waals surface area contributed by atoms with Crippen molar-refractivity contribution in [2.45, 2.75) is 38.2 Å². The highest BCUT2D eigenvalue weighted by atomic mass is 16.5. The second-order valence-corrected chi connectivity index (χ2v) is 7.52. The zero-order chi connectivity index (χ0) is 18.6. The van der Waals surface area contributed by atoms with E-state index in [0.29, 0.717) is 23.7 Å². The number of aromatic nitrogens is 2. The van der Waals surface area contributed by atoms with Crippen molar-refractivity contribution < 1.29 is 9.53 Å². The third-order valence-corrected chi connectivity index (χ3v) is 5.54. The Morgan fingerprint density at radius 1 is 1.15 bits per heavy atom. The molecule has 0 spiro atoms. The minimum atomic E-state index is -0.191. The van der Waals surface area contributed by atoms with Crippen molar-refractivity contribution in [1.29, 1.82) is 0 Å². The smallest absolute Gasteiger partial charge is 0.253 e. The number of hydrogen-bond donors (Lipinski definition) is 1. The first kappa shape index (κ1) is 17.9. The van der Waals surface area contributed by atoms with Crippen LogP contribution in [0, 0.1) is 5.92 Å². The van der Waals surface area contributed by atoms with Crippen LogP contribution in [0.3, 0.4) is 0 Å². The summed E-state index contributed by atoms with van der Waals surface area (Å²) in [4.78, 5) is 33.2. The van der Waals surface area contributed by atoms with Gasteiger partial charge in [-0.05, 0) is 43.7 Å². The van der Waals surface area contributed by atoms with Gasteiger partial charge in [0.15, 0.2) is 0 Å². The molecule has 1 unspecified atom stereocenters. The lowest BCUT2D eigenvalue weighted by Gasteiger charge is -2.33. The Balaban J connectivity index is 1.50. The van der Waals surface area contributed by atoms with Crippen molar-refractivity contribution in [3.05, 3.63) is 52.6 Å². The topological polar surface area (TPSA) is 75.3 Å². The number of nitrogens with one attached hydrogen (secondary N) is 1. The first-order valence-corrected chi connectivity index (χ1v) is 9.75. The number of nitrogens with zero attached hydrogens (tertiary/aromatic N) is 2. The Bertz CT molecular complexity index is 836. The summed E-state index contributed by atoms with van der Waals surface area (Å²) in [6.45, 7) is 2.29. The molecular formula is C21H25N3O3. The standard InChI is InChI=1S/C21H25N3O3/c25-20-11-19(22-14-23-20)16-6-8-17(9-7-16)21(26)24(12-15-3-1-4-15)13-18-5-2-10-27-18/h6-9,11,14-15,18H,1-5,10,12-13H2,(H,22,23,25). The summed E-state index contributed by atoms with van der Waals surface area (Å²) in [5.41, 5.74) is 1.90. The lowest BCUT2D eigenvalue weighted by atomic mass is 9.85. The molecule has 1 aromatic carbocycles. The molecule has 4 rings (SSSR count). The predicted octanol–water partition coefficient (Wildman–Crippen LogP) is 2.86. The monoisotopic (exact) mass is 367 g/mol. The fourth-order valence-electron chi connectivity index (χ4n) is 3.75. The molecule has 27 heavy (non-hydrogen) atoms. The van der Waals surface area contributed by atoms with Crippen molar-refractivity contribution in [3.8, 4) is 11.3 Å². The number of amides is 1. The average Bonchev–Trinajstić information content (AvgIpc) is 3.16. The maximum Gasteiger partial charge on any atom is 0.253 e. The van der Waals surface area contributed by atoms with Gasteiger partial charge in [-0.3, -0.25) is 9.59 Å². The van der Waals surface area contributed by atoms with Crippen molar-refractivity contribution in [1.82, 2.24) is 14.9 Å². The van der Waals surface area contributed by atoms with Crippen LogP contribution in [-0.4, -0.2) is 46.6 Å². The largest absolute Gasteiger partial charge is 0.376 e. The van der Waals surface area contributed by atoms with Crippen LogP contribution >= 0.6 is 0 Å². The summed E-state index contributed by atoms with van der Waals surface area (Å²) in [7, 11) is 0. The SMILES string of the molecule is O=C(c1ccc(-c2cc(=O)[nH]cn2)cc1)N(CC1CCC1)CC1CCCO1. The number of rotatable bonds is 6. The minimum Gasteiger partial charge on any atom is -0.376 e. The molecule has 1 N–H and O–H groups in total. The molecule has 2 aliphatic rings. The van der Waals surface area contributed by atoms with Gasteiger partial charge in [-0.1, -0.05) is 18.6 Å². The van der Waals surface area contributed by atoms with E-state index in [2.05, 4.69) is 9.97 Å². The van der Waals surface area contributed by atoms with E-state index < -0.39 is 0 Å². The lowest BCUT2D eigenvalue weighted by molar-refractivity contribution is 0.0448. The summed E-state index contributed by atoms with van der Waals surface area (Å²) < 4.78 is 5.76. The number of ether oxygens (including phenoxy) is 1. The van der Waals surface area contributed by atoms with Crippen molar-refractivity contribution in [2.24, 2.45) is 5.92 Å². The summed E-state index contributed by atoms with van der Waals surface area (Å²) in [6.07, 6.45) is 7.34. The normalized spacial score (nSPS) is 19.6. The van der Waals surface area contributed by atoms with Crippen LogP contribution in [-0.2, 0) is 4.74 Å². The molecule has 2 heterocycles. The molecule has 0 radical (unpaired) electrons. The molecule has 6 heteroatoms. The van der Waals surface area contributed by atoms with Gasteiger partial charge >= 0.3 is 0 Å². The van der Waals surface area contributed by atoms with Crippen LogP contribution < -0.4 is 5.56 Å². The minimum absolute atomic E-state index is 0.0582. The highest BCUT2D eigenvalue weighted by molar-refractivity contribution is 5.94. The van der Waals surface area contributed by atoms with Gasteiger partial charge in [-0.25, -0.2) is 4.98 Å². The van der Waals surface area contributed by atoms with E-state index in [9.17, 15) is 9.59 Å². The van der Waals surface area contributed by atoms with E-state index in [0.717, 1.165) is 31.6 Å². The summed E-state index contributed by atoms with van der Waals surface area (Å²) in [5.74, 6) is 0.678. The van der Waals surface area contributed by atoms with Gasteiger partial charge in [0.2, 0.25) is 0 Å². The molecule has 1 amide bonds. The molecular weight excluding hydrogens is 342 g/mol. The van der Waals surface area contributed by atoms with Crippen molar-refractivity contribution in [2.75, 3.05) is 19.7 Å². The first-order chi connectivity index (χ1) is 13.2. The molecule has 1 atom stereocenters. The number of aromatic amines is 1. The highest BCUT2D eigenvalue weighted by Gasteiger charge is 2.28. The Morgan fingerprint density at radius 3 is 2.59 bits per heavy atom. The Labute approximate surface area is 158 Å². The van der Waals surface area contributed by atoms with Gasteiger partial charge in [0.25, 0.3) is 11.5 Å². The Hall–Kier alpha value is -2.47. The van der Waals surface area contributed by atoms with Crippen LogP contribution in [0.25, 0.3) is 11.3 Å². The van der Waals surface area contributed by atoms with E-state index in [-0.39, 0.29) is 17.6 Å². The van der Waals surface area contributed by atoms with Crippen LogP contribution in [0.4, 0.5) is 0 Å². The lowest BCUT2D eigenvalue weighted by Crippen LogP contribution is -2.41. The highest BCUT2D eigenvalue weighted by Crippen LogP contribution is 2.28. The molecule has 1 aliphatic heterocycles. The van der Waals surface area contributed by atoms with E-state index in [1.165, 1.54) is 31.7 Å². The van der Waals surface area contributed by atoms with Crippen LogP contribution in [0.5, 0.6) is 0 Å². The molecule has 142 valence electrons. The first-order valence-electron chi connectivity index (χ1n) is 9.75. The molecule has 1 saturated carbocycles. The number of carbonyl (C=O) groups is 1. The number of hydrogen-bond acceptors (Lipinski definition) is 4. The molecule has 1 aromatic heterocycles. The van der Waals surface area contributed by atoms with E-state index in [4.69, 9.17) is 4.74 Å². The summed E-state index contributed by atoms with van der Waals surface area (Å²) in [6, 6.07) is 8.80. The van der Waals surface area contributed by atoms with Gasteiger partial charge in [-0.2, -0.15) is 0 Å². The van der Waals surface area contributed by atoms with E-state index in [1.807, 2.05) is 29.2 Å². The maximum atomic E-state index is 13.1. The van der Waals surface area contributed by atoms with Crippen LogP contribution in [0.15, 0.2) is 41.5 Å². The third-order valence-electron chi connectivity index (χ3n) is 5.54. The van der Waals surface area contributed by atoms with Crippen molar-refractivity contribution in [3.63, 3.8) is 0 Å². The Morgan fingerprint density at radius 2 is 1.96 bits per heavy atom. The molecule has 2 aromatic rings. The van der Waals surface area contributed by atoms with Gasteiger partial charge < -0.3 is 14.6 Å². The zero-order valence-corrected chi connectivity index (χ0v) is 15.4. The predicted molar refractivity (Wildman–Crippen MR) is 103 cm³/mol.